The Balaban J connectivity index is 2.26. The maximum atomic E-state index is 9.03. The van der Waals surface area contributed by atoms with Crippen molar-refractivity contribution in [2.45, 2.75) is 11.9 Å². The van der Waals surface area contributed by atoms with Crippen LogP contribution in [0.2, 0.25) is 0 Å². The predicted octanol–water partition coefficient (Wildman–Crippen LogP) is 4.20. The quantitative estimate of drug-likeness (QED) is 0.692. The molecule has 0 amide bonds. The Bertz CT molecular complexity index is 684. The minimum Gasteiger partial charge on any atom is -0.493 e. The number of alkyl halides is 1. The molecule has 2 aromatic rings. The molecule has 6 heteroatoms. The number of nitrogens with zero attached hydrogens (tertiary/aromatic N) is 2. The molecule has 1 aromatic carbocycles. The fraction of sp³-hybridized carbons (Fsp3) is 0.200. The van der Waals surface area contributed by atoms with Gasteiger partial charge >= 0.3 is 0 Å². The number of ether oxygens (including phenoxy) is 2. The highest BCUT2D eigenvalue weighted by Crippen LogP contribution is 2.37. The molecule has 0 aliphatic carbocycles. The first-order valence-corrected chi connectivity index (χ1v) is 8.00. The van der Waals surface area contributed by atoms with E-state index in [1.165, 1.54) is 0 Å². The number of aromatic nitrogens is 1. The molecule has 0 fully saturated rings. The number of benzene rings is 1. The zero-order chi connectivity index (χ0) is 15.2. The molecule has 0 bridgehead atoms. The van der Waals surface area contributed by atoms with Crippen LogP contribution in [-0.2, 0) is 11.9 Å². The van der Waals surface area contributed by atoms with E-state index in [0.717, 1.165) is 20.9 Å². The molecule has 1 aromatic heterocycles. The summed E-state index contributed by atoms with van der Waals surface area (Å²) in [6, 6.07) is 9.51. The van der Waals surface area contributed by atoms with E-state index in [2.05, 4.69) is 42.9 Å². The van der Waals surface area contributed by atoms with Gasteiger partial charge in [0.2, 0.25) is 0 Å². The average Bonchev–Trinajstić information content (AvgIpc) is 2.53. The summed E-state index contributed by atoms with van der Waals surface area (Å²) in [6.45, 7) is 0.249. The zero-order valence-electron chi connectivity index (χ0n) is 11.3. The number of rotatable bonds is 5. The first-order valence-electron chi connectivity index (χ1n) is 6.08. The number of hydrogen-bond acceptors (Lipinski definition) is 4. The van der Waals surface area contributed by atoms with Crippen molar-refractivity contribution in [2.75, 3.05) is 7.11 Å². The molecule has 0 unspecified atom stereocenters. The number of hydrogen-bond donors (Lipinski definition) is 0. The van der Waals surface area contributed by atoms with Crippen LogP contribution in [0.3, 0.4) is 0 Å². The van der Waals surface area contributed by atoms with Gasteiger partial charge in [-0.2, -0.15) is 5.26 Å². The normalized spacial score (nSPS) is 10.0. The van der Waals surface area contributed by atoms with Crippen LogP contribution in [-0.4, -0.2) is 12.1 Å². The van der Waals surface area contributed by atoms with E-state index >= 15 is 0 Å². The lowest BCUT2D eigenvalue weighted by atomic mass is 10.2. The summed E-state index contributed by atoms with van der Waals surface area (Å²) in [4.78, 5) is 4.01. The lowest BCUT2D eigenvalue weighted by molar-refractivity contribution is 0.282. The number of nitriles is 1. The second-order valence-electron chi connectivity index (χ2n) is 4.15. The molecule has 0 aliphatic rings. The van der Waals surface area contributed by atoms with Crippen LogP contribution >= 0.6 is 31.9 Å². The maximum Gasteiger partial charge on any atom is 0.175 e. The summed E-state index contributed by atoms with van der Waals surface area (Å²) in [5, 5.41) is 9.76. The molecule has 108 valence electrons. The maximum absolute atomic E-state index is 9.03. The second kappa shape index (κ2) is 7.43. The van der Waals surface area contributed by atoms with Gasteiger partial charge < -0.3 is 9.47 Å². The SMILES string of the molecule is COc1cc(CBr)cc(Br)c1OCc1cccnc1C#N. The van der Waals surface area contributed by atoms with Crippen molar-refractivity contribution < 1.29 is 9.47 Å². The summed E-state index contributed by atoms with van der Waals surface area (Å²) in [6.07, 6.45) is 1.59. The molecule has 1 heterocycles. The molecule has 0 spiro atoms. The average molecular weight is 412 g/mol. The van der Waals surface area contributed by atoms with E-state index < -0.39 is 0 Å². The van der Waals surface area contributed by atoms with Crippen LogP contribution in [0.5, 0.6) is 11.5 Å². The minimum absolute atomic E-state index is 0.249. The van der Waals surface area contributed by atoms with E-state index in [1.54, 1.807) is 19.4 Å². The van der Waals surface area contributed by atoms with Crippen molar-refractivity contribution in [3.05, 3.63) is 51.8 Å². The topological polar surface area (TPSA) is 55.1 Å². The highest BCUT2D eigenvalue weighted by Gasteiger charge is 2.12. The Morgan fingerprint density at radius 1 is 1.38 bits per heavy atom. The lowest BCUT2D eigenvalue weighted by Crippen LogP contribution is -2.02. The van der Waals surface area contributed by atoms with Crippen LogP contribution in [0.15, 0.2) is 34.9 Å². The Hall–Kier alpha value is -1.58. The summed E-state index contributed by atoms with van der Waals surface area (Å²) < 4.78 is 12.0. The molecule has 0 aliphatic heterocycles. The summed E-state index contributed by atoms with van der Waals surface area (Å²) in [5.41, 5.74) is 2.17. The van der Waals surface area contributed by atoms with Gasteiger partial charge in [-0.3, -0.25) is 0 Å². The summed E-state index contributed by atoms with van der Waals surface area (Å²) >= 11 is 6.89. The van der Waals surface area contributed by atoms with E-state index in [4.69, 9.17) is 14.7 Å². The second-order valence-corrected chi connectivity index (χ2v) is 5.57. The molecule has 0 N–H and O–H groups in total. The number of halogens is 2. The molecular weight excluding hydrogens is 400 g/mol. The molecule has 21 heavy (non-hydrogen) atoms. The molecule has 4 nitrogen and oxygen atoms in total. The smallest absolute Gasteiger partial charge is 0.175 e. The Kier molecular flexibility index (Phi) is 5.59. The third kappa shape index (κ3) is 3.74. The van der Waals surface area contributed by atoms with Gasteiger partial charge in [-0.25, -0.2) is 4.98 Å². The van der Waals surface area contributed by atoms with Crippen molar-refractivity contribution in [3.63, 3.8) is 0 Å². The van der Waals surface area contributed by atoms with Gasteiger partial charge in [0.25, 0.3) is 0 Å². The van der Waals surface area contributed by atoms with Gasteiger partial charge in [0, 0.05) is 17.1 Å². The minimum atomic E-state index is 0.249. The largest absolute Gasteiger partial charge is 0.493 e. The predicted molar refractivity (Wildman–Crippen MR) is 86.6 cm³/mol. The van der Waals surface area contributed by atoms with Crippen molar-refractivity contribution in [1.29, 1.82) is 5.26 Å². The van der Waals surface area contributed by atoms with Crippen LogP contribution in [0.1, 0.15) is 16.8 Å². The van der Waals surface area contributed by atoms with Crippen molar-refractivity contribution >= 4 is 31.9 Å². The first-order chi connectivity index (χ1) is 10.2. The highest BCUT2D eigenvalue weighted by molar-refractivity contribution is 9.10. The standard InChI is InChI=1S/C15H12Br2N2O2/c1-20-14-6-10(7-16)5-12(17)15(14)21-9-11-3-2-4-19-13(11)8-18/h2-6H,7,9H2,1H3. The van der Waals surface area contributed by atoms with Gasteiger partial charge in [-0.15, -0.1) is 0 Å². The van der Waals surface area contributed by atoms with Crippen LogP contribution in [0.4, 0.5) is 0 Å². The number of methoxy groups -OCH3 is 1. The Morgan fingerprint density at radius 2 is 2.19 bits per heavy atom. The fourth-order valence-corrected chi connectivity index (χ4v) is 2.72. The van der Waals surface area contributed by atoms with Gasteiger partial charge in [0.1, 0.15) is 18.4 Å². The van der Waals surface area contributed by atoms with E-state index in [0.29, 0.717) is 17.2 Å². The monoisotopic (exact) mass is 410 g/mol. The van der Waals surface area contributed by atoms with E-state index in [1.807, 2.05) is 18.2 Å². The molecule has 0 saturated carbocycles. The first kappa shape index (κ1) is 15.8. The van der Waals surface area contributed by atoms with Crippen LogP contribution in [0, 0.1) is 11.3 Å². The Morgan fingerprint density at radius 3 is 2.86 bits per heavy atom. The van der Waals surface area contributed by atoms with Crippen molar-refractivity contribution in [2.24, 2.45) is 0 Å². The molecular formula is C15H12Br2N2O2. The fourth-order valence-electron chi connectivity index (χ4n) is 1.80. The van der Waals surface area contributed by atoms with Gasteiger partial charge in [0.15, 0.2) is 11.5 Å². The van der Waals surface area contributed by atoms with Crippen molar-refractivity contribution in [3.8, 4) is 17.6 Å². The van der Waals surface area contributed by atoms with Gasteiger partial charge in [-0.05, 0) is 39.7 Å². The van der Waals surface area contributed by atoms with E-state index in [9.17, 15) is 0 Å². The Labute approximate surface area is 140 Å². The molecule has 0 atom stereocenters. The molecule has 0 saturated heterocycles. The van der Waals surface area contributed by atoms with Crippen LogP contribution in [0.25, 0.3) is 0 Å². The molecule has 0 radical (unpaired) electrons. The summed E-state index contributed by atoms with van der Waals surface area (Å²) in [5.74, 6) is 1.25. The van der Waals surface area contributed by atoms with Gasteiger partial charge in [-0.1, -0.05) is 22.0 Å². The summed E-state index contributed by atoms with van der Waals surface area (Å²) in [7, 11) is 1.59. The zero-order valence-corrected chi connectivity index (χ0v) is 14.4. The molecule has 2 rings (SSSR count). The number of pyridine rings is 1. The van der Waals surface area contributed by atoms with Gasteiger partial charge in [0.05, 0.1) is 11.6 Å². The lowest BCUT2D eigenvalue weighted by Gasteiger charge is -2.14. The van der Waals surface area contributed by atoms with Crippen molar-refractivity contribution in [1.82, 2.24) is 4.98 Å². The highest BCUT2D eigenvalue weighted by atomic mass is 79.9. The van der Waals surface area contributed by atoms with E-state index in [-0.39, 0.29) is 6.61 Å². The third-order valence-electron chi connectivity index (χ3n) is 2.81. The third-order valence-corrected chi connectivity index (χ3v) is 4.05. The van der Waals surface area contributed by atoms with Crippen LogP contribution < -0.4 is 9.47 Å².